The third kappa shape index (κ3) is 2.25. The number of carbonyl (C=O) groups excluding carboxylic acids is 1. The van der Waals surface area contributed by atoms with Gasteiger partial charge in [0.2, 0.25) is 0 Å². The molecule has 0 saturated carbocycles. The summed E-state index contributed by atoms with van der Waals surface area (Å²) in [6.45, 7) is 5.95. The zero-order valence-corrected chi connectivity index (χ0v) is 10.0. The maximum absolute atomic E-state index is 11.6. The van der Waals surface area contributed by atoms with Crippen molar-refractivity contribution in [1.82, 2.24) is 4.90 Å². The maximum Gasteiger partial charge on any atom is 0.414 e. The van der Waals surface area contributed by atoms with Gasteiger partial charge in [-0.3, -0.25) is 4.90 Å². The summed E-state index contributed by atoms with van der Waals surface area (Å²) in [5.41, 5.74) is 0.348. The average molecular weight is 220 g/mol. The first-order valence-corrected chi connectivity index (χ1v) is 5.06. The minimum atomic E-state index is -0.447. The topological polar surface area (TPSA) is 53.3 Å². The van der Waals surface area contributed by atoms with E-state index in [4.69, 9.17) is 10.00 Å². The molecule has 0 radical (unpaired) electrons. The van der Waals surface area contributed by atoms with Gasteiger partial charge in [-0.05, 0) is 17.6 Å². The molecule has 0 aromatic carbocycles. The van der Waals surface area contributed by atoms with Gasteiger partial charge in [0.05, 0.1) is 24.8 Å². The summed E-state index contributed by atoms with van der Waals surface area (Å²) >= 11 is 0. The van der Waals surface area contributed by atoms with E-state index in [-0.39, 0.29) is 11.5 Å². The maximum atomic E-state index is 11.6. The van der Waals surface area contributed by atoms with E-state index in [1.54, 1.807) is 18.4 Å². The summed E-state index contributed by atoms with van der Waals surface area (Å²) < 4.78 is 4.71. The second-order valence-corrected chi connectivity index (χ2v) is 4.72. The lowest BCUT2D eigenvalue weighted by Crippen LogP contribution is -2.46. The highest BCUT2D eigenvalue weighted by atomic mass is 16.5. The third-order valence-corrected chi connectivity index (χ3v) is 2.43. The van der Waals surface area contributed by atoms with Crippen molar-refractivity contribution in [3.63, 3.8) is 0 Å². The minimum absolute atomic E-state index is 0.222. The molecule has 1 atom stereocenters. The van der Waals surface area contributed by atoms with Gasteiger partial charge in [0.25, 0.3) is 0 Å². The van der Waals surface area contributed by atoms with Crippen molar-refractivity contribution >= 4 is 6.09 Å². The number of allylic oxidation sites excluding steroid dienone is 2. The molecule has 86 valence electrons. The fourth-order valence-electron chi connectivity index (χ4n) is 1.82. The lowest BCUT2D eigenvalue weighted by Gasteiger charge is -2.38. The molecule has 0 bridgehead atoms. The number of hydrogen-bond donors (Lipinski definition) is 0. The Hall–Kier alpha value is -1.76. The fourth-order valence-corrected chi connectivity index (χ4v) is 1.82. The van der Waals surface area contributed by atoms with Gasteiger partial charge in [-0.2, -0.15) is 5.26 Å². The van der Waals surface area contributed by atoms with Crippen LogP contribution in [0.25, 0.3) is 0 Å². The summed E-state index contributed by atoms with van der Waals surface area (Å²) in [4.78, 5) is 13.1. The van der Waals surface area contributed by atoms with Crippen molar-refractivity contribution in [1.29, 1.82) is 5.26 Å². The minimum Gasteiger partial charge on any atom is -0.452 e. The summed E-state index contributed by atoms with van der Waals surface area (Å²) in [5.74, 6) is 0. The largest absolute Gasteiger partial charge is 0.452 e. The van der Waals surface area contributed by atoms with Crippen molar-refractivity contribution < 1.29 is 9.53 Å². The van der Waals surface area contributed by atoms with E-state index in [9.17, 15) is 4.79 Å². The number of nitriles is 1. The number of rotatable bonds is 0. The molecule has 0 aliphatic carbocycles. The van der Waals surface area contributed by atoms with Crippen LogP contribution in [0.5, 0.6) is 0 Å². The number of nitrogens with zero attached hydrogens (tertiary/aromatic N) is 2. The quantitative estimate of drug-likeness (QED) is 0.630. The molecule has 1 aliphatic heterocycles. The van der Waals surface area contributed by atoms with Gasteiger partial charge in [0.1, 0.15) is 0 Å². The zero-order valence-electron chi connectivity index (χ0n) is 10.0. The van der Waals surface area contributed by atoms with E-state index in [1.165, 1.54) is 12.0 Å². The van der Waals surface area contributed by atoms with Gasteiger partial charge in [0.15, 0.2) is 0 Å². The fraction of sp³-hybridized carbons (Fsp3) is 0.500. The molecular formula is C12H16N2O2. The lowest BCUT2D eigenvalue weighted by molar-refractivity contribution is 0.107. The van der Waals surface area contributed by atoms with Crippen LogP contribution < -0.4 is 0 Å². The Labute approximate surface area is 95.8 Å². The van der Waals surface area contributed by atoms with Crippen LogP contribution in [-0.2, 0) is 4.74 Å². The number of carbonyl (C=O) groups is 1. The molecule has 1 unspecified atom stereocenters. The predicted molar refractivity (Wildman–Crippen MR) is 60.3 cm³/mol. The standard InChI is InChI=1S/C12H16N2O2/c1-12(2,3)10-9(8-13)6-5-7-14(10)11(15)16-4/h5-7,10H,1-4H3. The highest BCUT2D eigenvalue weighted by molar-refractivity contribution is 5.71. The van der Waals surface area contributed by atoms with Crippen molar-refractivity contribution in [2.24, 2.45) is 5.41 Å². The number of methoxy groups -OCH3 is 1. The molecule has 0 spiro atoms. The molecule has 0 N–H and O–H groups in total. The Morgan fingerprint density at radius 3 is 2.62 bits per heavy atom. The highest BCUT2D eigenvalue weighted by Crippen LogP contribution is 2.32. The number of ether oxygens (including phenoxy) is 1. The third-order valence-electron chi connectivity index (χ3n) is 2.43. The van der Waals surface area contributed by atoms with Crippen LogP contribution in [0.4, 0.5) is 4.79 Å². The molecule has 1 amide bonds. The lowest BCUT2D eigenvalue weighted by atomic mass is 9.80. The molecule has 4 nitrogen and oxygen atoms in total. The Morgan fingerprint density at radius 2 is 2.19 bits per heavy atom. The summed E-state index contributed by atoms with van der Waals surface area (Å²) in [7, 11) is 1.33. The normalized spacial score (nSPS) is 20.1. The van der Waals surface area contributed by atoms with Crippen LogP contribution in [0.15, 0.2) is 23.9 Å². The Balaban J connectivity index is 3.13. The molecule has 0 saturated heterocycles. The molecule has 0 aromatic rings. The van der Waals surface area contributed by atoms with E-state index in [0.717, 1.165) is 0 Å². The van der Waals surface area contributed by atoms with E-state index >= 15 is 0 Å². The Morgan fingerprint density at radius 1 is 1.56 bits per heavy atom. The van der Waals surface area contributed by atoms with Gasteiger partial charge in [-0.25, -0.2) is 4.79 Å². The summed E-state index contributed by atoms with van der Waals surface area (Å²) in [6, 6.07) is 1.85. The first-order valence-electron chi connectivity index (χ1n) is 5.06. The molecule has 0 aromatic heterocycles. The molecule has 1 aliphatic rings. The molecular weight excluding hydrogens is 204 g/mol. The van der Waals surface area contributed by atoms with Crippen molar-refractivity contribution in [3.8, 4) is 6.07 Å². The van der Waals surface area contributed by atoms with E-state index in [2.05, 4.69) is 6.07 Å². The van der Waals surface area contributed by atoms with Crippen LogP contribution in [0.1, 0.15) is 20.8 Å². The Bertz CT molecular complexity index is 383. The van der Waals surface area contributed by atoms with Gasteiger partial charge in [-0.1, -0.05) is 20.8 Å². The first kappa shape index (κ1) is 12.3. The van der Waals surface area contributed by atoms with E-state index in [1.807, 2.05) is 20.8 Å². The summed E-state index contributed by atoms with van der Waals surface area (Å²) in [5, 5.41) is 9.07. The second-order valence-electron chi connectivity index (χ2n) is 4.72. The Kier molecular flexibility index (Phi) is 3.38. The first-order chi connectivity index (χ1) is 7.41. The molecule has 16 heavy (non-hydrogen) atoms. The van der Waals surface area contributed by atoms with Gasteiger partial charge in [-0.15, -0.1) is 0 Å². The van der Waals surface area contributed by atoms with Crippen LogP contribution in [-0.4, -0.2) is 24.1 Å². The zero-order chi connectivity index (χ0) is 12.3. The van der Waals surface area contributed by atoms with Crippen molar-refractivity contribution in [3.05, 3.63) is 23.9 Å². The number of amides is 1. The molecule has 4 heteroatoms. The van der Waals surface area contributed by atoms with E-state index < -0.39 is 6.09 Å². The monoisotopic (exact) mass is 220 g/mol. The second kappa shape index (κ2) is 4.40. The van der Waals surface area contributed by atoms with Gasteiger partial charge >= 0.3 is 6.09 Å². The predicted octanol–water partition coefficient (Wildman–Crippen LogP) is 2.45. The highest BCUT2D eigenvalue weighted by Gasteiger charge is 2.37. The molecule has 1 heterocycles. The molecule has 1 rings (SSSR count). The van der Waals surface area contributed by atoms with Crippen LogP contribution in [0.3, 0.4) is 0 Å². The van der Waals surface area contributed by atoms with Crippen LogP contribution in [0, 0.1) is 16.7 Å². The van der Waals surface area contributed by atoms with Crippen molar-refractivity contribution in [2.75, 3.05) is 7.11 Å². The van der Waals surface area contributed by atoms with Gasteiger partial charge < -0.3 is 4.74 Å². The molecule has 0 fully saturated rings. The number of hydrogen-bond acceptors (Lipinski definition) is 3. The SMILES string of the molecule is COC(=O)N1C=CC=C(C#N)C1C(C)(C)C. The van der Waals surface area contributed by atoms with Crippen LogP contribution >= 0.6 is 0 Å². The smallest absolute Gasteiger partial charge is 0.414 e. The average Bonchev–Trinajstić information content (AvgIpc) is 2.25. The van der Waals surface area contributed by atoms with Gasteiger partial charge in [0, 0.05) is 6.20 Å². The van der Waals surface area contributed by atoms with Crippen molar-refractivity contribution in [2.45, 2.75) is 26.8 Å². The summed E-state index contributed by atoms with van der Waals surface area (Å²) in [6.07, 6.45) is 4.60. The van der Waals surface area contributed by atoms with E-state index in [0.29, 0.717) is 5.57 Å². The van der Waals surface area contributed by atoms with Crippen LogP contribution in [0.2, 0.25) is 0 Å².